The fourth-order valence-corrected chi connectivity index (χ4v) is 4.72. The fourth-order valence-electron chi connectivity index (χ4n) is 3.61. The van der Waals surface area contributed by atoms with Gasteiger partial charge in [-0.05, 0) is 18.6 Å². The molecule has 1 heterocycles. The van der Waals surface area contributed by atoms with Gasteiger partial charge in [-0.25, -0.2) is 8.42 Å². The third kappa shape index (κ3) is 3.85. The van der Waals surface area contributed by atoms with Crippen LogP contribution in [-0.2, 0) is 24.3 Å². The molecule has 1 aliphatic heterocycles. The molecule has 30 heavy (non-hydrogen) atoms. The molecule has 10 heteroatoms. The van der Waals surface area contributed by atoms with Crippen LogP contribution < -0.4 is 0 Å². The Bertz CT molecular complexity index is 1080. The molecule has 1 aliphatic carbocycles. The Balaban J connectivity index is 2.12. The number of carbonyl (C=O) groups excluding carboxylic acids is 3. The molecule has 1 aromatic rings. The minimum Gasteiger partial charge on any atom is -0.506 e. The summed E-state index contributed by atoms with van der Waals surface area (Å²) >= 11 is 0. The van der Waals surface area contributed by atoms with Crippen molar-refractivity contribution in [3.05, 3.63) is 23.3 Å². The van der Waals surface area contributed by atoms with Gasteiger partial charge in [-0.3, -0.25) is 14.4 Å². The third-order valence-corrected chi connectivity index (χ3v) is 6.98. The highest BCUT2D eigenvalue weighted by Gasteiger charge is 2.39. The third-order valence-electron chi connectivity index (χ3n) is 5.21. The number of aromatic hydroxyl groups is 1. The lowest BCUT2D eigenvalue weighted by Gasteiger charge is -2.20. The van der Waals surface area contributed by atoms with E-state index >= 15 is 0 Å². The van der Waals surface area contributed by atoms with Gasteiger partial charge in [0.25, 0.3) is 0 Å². The number of hydrogen-bond acceptors (Lipinski definition) is 9. The Morgan fingerprint density at radius 1 is 1.30 bits per heavy atom. The highest BCUT2D eigenvalue weighted by molar-refractivity contribution is 7.91. The smallest absolute Gasteiger partial charge is 0.184 e. The molecule has 9 nitrogen and oxygen atoms in total. The van der Waals surface area contributed by atoms with Crippen molar-refractivity contribution in [1.82, 2.24) is 0 Å². The summed E-state index contributed by atoms with van der Waals surface area (Å²) in [5.74, 6) is -4.32. The zero-order valence-electron chi connectivity index (χ0n) is 16.3. The number of nitriles is 1. The number of carbonyl (C=O) groups is 3. The topological polar surface area (TPSA) is 151 Å². The Kier molecular flexibility index (Phi) is 6.03. The monoisotopic (exact) mass is 432 g/mol. The largest absolute Gasteiger partial charge is 0.506 e. The fraction of sp³-hybridized carbons (Fsp3) is 0.450. The van der Waals surface area contributed by atoms with Crippen LogP contribution in [-0.4, -0.2) is 48.4 Å². The van der Waals surface area contributed by atoms with E-state index in [2.05, 4.69) is 5.16 Å². The number of sulfone groups is 1. The summed E-state index contributed by atoms with van der Waals surface area (Å²) in [6.45, 7) is 1.43. The zero-order chi connectivity index (χ0) is 22.1. The number of benzene rings is 1. The van der Waals surface area contributed by atoms with Crippen molar-refractivity contribution in [1.29, 1.82) is 5.26 Å². The van der Waals surface area contributed by atoms with E-state index < -0.39 is 45.0 Å². The summed E-state index contributed by atoms with van der Waals surface area (Å²) in [5, 5.41) is 23.5. The summed E-state index contributed by atoms with van der Waals surface area (Å²) in [6.07, 6.45) is 0.0194. The van der Waals surface area contributed by atoms with Gasteiger partial charge in [-0.1, -0.05) is 12.1 Å². The van der Waals surface area contributed by atoms with Crippen molar-refractivity contribution in [2.24, 2.45) is 11.1 Å². The number of Topliss-reactive ketones (excluding diaryl/α,β-unsaturated/α-hetero) is 3. The lowest BCUT2D eigenvalue weighted by atomic mass is 9.81. The van der Waals surface area contributed by atoms with E-state index in [9.17, 15) is 27.9 Å². The molecule has 1 unspecified atom stereocenters. The molecule has 0 aromatic heterocycles. The number of phenols is 1. The van der Waals surface area contributed by atoms with E-state index in [-0.39, 0.29) is 53.2 Å². The molecule has 1 fully saturated rings. The van der Waals surface area contributed by atoms with Gasteiger partial charge in [0.1, 0.15) is 17.8 Å². The van der Waals surface area contributed by atoms with Crippen molar-refractivity contribution in [2.45, 2.75) is 50.0 Å². The highest BCUT2D eigenvalue weighted by atomic mass is 32.2. The van der Waals surface area contributed by atoms with Crippen molar-refractivity contribution in [3.63, 3.8) is 0 Å². The molecule has 0 saturated heterocycles. The lowest BCUT2D eigenvalue weighted by molar-refractivity contribution is -0.133. The van der Waals surface area contributed by atoms with Crippen molar-refractivity contribution in [2.75, 3.05) is 5.75 Å². The second-order valence-corrected chi connectivity index (χ2v) is 9.40. The van der Waals surface area contributed by atoms with Gasteiger partial charge in [0.15, 0.2) is 27.2 Å². The quantitative estimate of drug-likeness (QED) is 0.527. The predicted octanol–water partition coefficient (Wildman–Crippen LogP) is 1.71. The number of ketones is 3. The Morgan fingerprint density at radius 3 is 2.57 bits per heavy atom. The second-order valence-electron chi connectivity index (χ2n) is 7.15. The second kappa shape index (κ2) is 8.36. The van der Waals surface area contributed by atoms with Crippen LogP contribution in [0.3, 0.4) is 0 Å². The van der Waals surface area contributed by atoms with Crippen LogP contribution in [0, 0.1) is 17.2 Å². The van der Waals surface area contributed by atoms with E-state index in [1.807, 2.05) is 6.07 Å². The molecule has 0 radical (unpaired) electrons. The summed E-state index contributed by atoms with van der Waals surface area (Å²) in [4.78, 5) is 42.2. The van der Waals surface area contributed by atoms with Crippen molar-refractivity contribution < 1.29 is 32.7 Å². The summed E-state index contributed by atoms with van der Waals surface area (Å²) in [5.41, 5.74) is -0.436. The Labute approximate surface area is 173 Å². The molecule has 2 aliphatic rings. The van der Waals surface area contributed by atoms with Gasteiger partial charge < -0.3 is 9.94 Å². The minimum atomic E-state index is -3.81. The van der Waals surface area contributed by atoms with Crippen LogP contribution in [0.25, 0.3) is 0 Å². The predicted molar refractivity (Wildman–Crippen MR) is 104 cm³/mol. The Hall–Kier alpha value is -3.06. The molecule has 1 saturated carbocycles. The molecule has 1 N–H and O–H groups in total. The van der Waals surface area contributed by atoms with Crippen LogP contribution in [0.2, 0.25) is 0 Å². The van der Waals surface area contributed by atoms with E-state index in [4.69, 9.17) is 10.1 Å². The van der Waals surface area contributed by atoms with Crippen molar-refractivity contribution in [3.8, 4) is 11.8 Å². The average molecular weight is 432 g/mol. The number of nitrogens with zero attached hydrogens (tertiary/aromatic N) is 2. The minimum absolute atomic E-state index is 0.00726. The summed E-state index contributed by atoms with van der Waals surface area (Å²) in [7, 11) is -3.81. The van der Waals surface area contributed by atoms with Gasteiger partial charge >= 0.3 is 0 Å². The van der Waals surface area contributed by atoms with Gasteiger partial charge in [0, 0.05) is 19.3 Å². The van der Waals surface area contributed by atoms with Crippen LogP contribution in [0.15, 0.2) is 22.2 Å². The Morgan fingerprint density at radius 2 is 1.97 bits per heavy atom. The summed E-state index contributed by atoms with van der Waals surface area (Å²) in [6, 6.07) is 4.21. The highest BCUT2D eigenvalue weighted by Crippen LogP contribution is 2.36. The van der Waals surface area contributed by atoms with E-state index in [1.54, 1.807) is 0 Å². The maximum absolute atomic E-state index is 12.9. The number of oxime groups is 1. The first-order chi connectivity index (χ1) is 14.2. The molecule has 0 spiro atoms. The SMILES string of the molecule is CCS(=O)(=O)c1ccc(C(=O)C2C(=O)CCCC2=O)c(O)c1C1=NOC(CC#N)C1. The standard InChI is InChI=1S/C20H20N2O7S/c1-2-30(27,28)16-7-6-12(20(26)18-14(23)4-3-5-15(18)24)19(25)17(16)13-10-11(8-9-21)29-22-13/h6-7,11,18,25H,2-5,8,10H2,1H3. The van der Waals surface area contributed by atoms with E-state index in [1.165, 1.54) is 13.0 Å². The van der Waals surface area contributed by atoms with E-state index in [0.29, 0.717) is 6.42 Å². The van der Waals surface area contributed by atoms with Crippen molar-refractivity contribution >= 4 is 32.9 Å². The van der Waals surface area contributed by atoms with Crippen LogP contribution in [0.4, 0.5) is 0 Å². The van der Waals surface area contributed by atoms with Gasteiger partial charge in [-0.2, -0.15) is 5.26 Å². The number of hydrogen-bond donors (Lipinski definition) is 1. The normalized spacial score (nSPS) is 19.9. The van der Waals surface area contributed by atoms with Gasteiger partial charge in [0.2, 0.25) is 0 Å². The van der Waals surface area contributed by atoms with E-state index in [0.717, 1.165) is 6.07 Å². The molecular weight excluding hydrogens is 412 g/mol. The van der Waals surface area contributed by atoms with Crippen LogP contribution >= 0.6 is 0 Å². The molecule has 158 valence electrons. The maximum atomic E-state index is 12.9. The molecule has 3 rings (SSSR count). The molecule has 0 amide bonds. The first-order valence-corrected chi connectivity index (χ1v) is 11.1. The van der Waals surface area contributed by atoms with Crippen LogP contribution in [0.1, 0.15) is 54.9 Å². The maximum Gasteiger partial charge on any atom is 0.184 e. The van der Waals surface area contributed by atoms with Crippen LogP contribution in [0.5, 0.6) is 5.75 Å². The first kappa shape index (κ1) is 21.6. The lowest BCUT2D eigenvalue weighted by Crippen LogP contribution is -2.35. The summed E-state index contributed by atoms with van der Waals surface area (Å²) < 4.78 is 25.1. The first-order valence-electron chi connectivity index (χ1n) is 9.49. The van der Waals surface area contributed by atoms with Gasteiger partial charge in [0.05, 0.1) is 40.0 Å². The number of rotatable bonds is 6. The average Bonchev–Trinajstić information content (AvgIpc) is 3.15. The molecule has 0 bridgehead atoms. The zero-order valence-corrected chi connectivity index (χ0v) is 17.1. The molecule has 1 aromatic carbocycles. The molecular formula is C20H20N2O7S. The molecule has 1 atom stereocenters. The van der Waals surface area contributed by atoms with Gasteiger partial charge in [-0.15, -0.1) is 0 Å². The number of phenolic OH excluding ortho intramolecular Hbond substituents is 1.